The summed E-state index contributed by atoms with van der Waals surface area (Å²) in [7, 11) is 0. The molecule has 0 aliphatic heterocycles. The van der Waals surface area contributed by atoms with E-state index in [1.54, 1.807) is 13.0 Å². The first kappa shape index (κ1) is 25.9. The molecule has 2 aromatic carbocycles. The number of fused-ring (bicyclic) bond motifs is 3. The Bertz CT molecular complexity index is 1470. The molecule has 5 rings (SSSR count). The molecule has 1 saturated carbocycles. The van der Waals surface area contributed by atoms with E-state index in [1.807, 2.05) is 56.3 Å². The minimum absolute atomic E-state index is 0.0405. The largest absolute Gasteiger partial charge is 0.507 e. The standard InChI is InChI=1S/C32H32O6/c1-16(2)23-14-20(11-10-19-8-6-5-7-9-19)28(34)27-24(23)15-21-13-22-12-17(3)25(18(4)33)30(36)32(22,38)31(37)26(21)29(27)35/h5-11,14,16,21-22,34-35,38H,12-13,15H2,1-4H3/b11-10+/t21-,22-,32-/m0/s1. The van der Waals surface area contributed by atoms with Gasteiger partial charge < -0.3 is 15.3 Å². The van der Waals surface area contributed by atoms with E-state index < -0.39 is 40.5 Å². The number of carbonyl (C=O) groups excluding carboxylic acids is 3. The van der Waals surface area contributed by atoms with Crippen LogP contribution >= 0.6 is 0 Å². The maximum absolute atomic E-state index is 13.8. The molecule has 0 saturated heterocycles. The van der Waals surface area contributed by atoms with Gasteiger partial charge in [-0.1, -0.05) is 61.9 Å². The Balaban J connectivity index is 1.67. The van der Waals surface area contributed by atoms with E-state index in [1.165, 1.54) is 6.92 Å². The maximum atomic E-state index is 13.8. The van der Waals surface area contributed by atoms with Crippen LogP contribution in [0.25, 0.3) is 17.9 Å². The Morgan fingerprint density at radius 3 is 2.37 bits per heavy atom. The van der Waals surface area contributed by atoms with Gasteiger partial charge in [0, 0.05) is 17.1 Å². The zero-order valence-electron chi connectivity index (χ0n) is 22.0. The molecule has 0 bridgehead atoms. The summed E-state index contributed by atoms with van der Waals surface area (Å²) in [5, 5.41) is 34.4. The number of carbonyl (C=O) groups is 3. The van der Waals surface area contributed by atoms with Gasteiger partial charge in [-0.2, -0.15) is 0 Å². The minimum atomic E-state index is -2.40. The fourth-order valence-electron chi connectivity index (χ4n) is 6.53. The molecule has 196 valence electrons. The first-order valence-corrected chi connectivity index (χ1v) is 13.0. The number of benzene rings is 2. The molecular formula is C32H32O6. The lowest BCUT2D eigenvalue weighted by molar-refractivity contribution is -0.157. The van der Waals surface area contributed by atoms with Crippen LogP contribution in [0.5, 0.6) is 5.75 Å². The highest BCUT2D eigenvalue weighted by Gasteiger charge is 2.60. The van der Waals surface area contributed by atoms with E-state index in [2.05, 4.69) is 0 Å². The molecule has 0 unspecified atom stereocenters. The summed E-state index contributed by atoms with van der Waals surface area (Å²) in [5.41, 5.74) is 1.34. The third kappa shape index (κ3) is 3.78. The number of aliphatic hydroxyl groups excluding tert-OH is 1. The third-order valence-electron chi connectivity index (χ3n) is 8.35. The van der Waals surface area contributed by atoms with Crippen molar-refractivity contribution in [3.63, 3.8) is 0 Å². The first-order chi connectivity index (χ1) is 18.0. The zero-order valence-corrected chi connectivity index (χ0v) is 22.0. The van der Waals surface area contributed by atoms with Crippen LogP contribution in [0.15, 0.2) is 53.1 Å². The molecule has 0 aromatic heterocycles. The van der Waals surface area contributed by atoms with Crippen molar-refractivity contribution in [2.24, 2.45) is 11.8 Å². The summed E-state index contributed by atoms with van der Waals surface area (Å²) in [5.74, 6) is -3.81. The molecule has 3 aliphatic carbocycles. The predicted octanol–water partition coefficient (Wildman–Crippen LogP) is 5.33. The van der Waals surface area contributed by atoms with Crippen LogP contribution in [0, 0.1) is 11.8 Å². The van der Waals surface area contributed by atoms with E-state index in [9.17, 15) is 29.7 Å². The second-order valence-electron chi connectivity index (χ2n) is 11.1. The average molecular weight is 513 g/mol. The van der Waals surface area contributed by atoms with Crippen molar-refractivity contribution in [1.29, 1.82) is 0 Å². The fraction of sp³-hybridized carbons (Fsp3) is 0.344. The molecule has 6 nitrogen and oxygen atoms in total. The minimum Gasteiger partial charge on any atom is -0.507 e. The van der Waals surface area contributed by atoms with Crippen molar-refractivity contribution in [3.8, 4) is 5.75 Å². The van der Waals surface area contributed by atoms with Crippen molar-refractivity contribution in [2.45, 2.75) is 58.5 Å². The molecule has 2 aromatic rings. The van der Waals surface area contributed by atoms with Gasteiger partial charge in [0.25, 0.3) is 0 Å². The molecule has 3 aliphatic rings. The van der Waals surface area contributed by atoms with E-state index in [4.69, 9.17) is 0 Å². The number of ketones is 3. The van der Waals surface area contributed by atoms with Gasteiger partial charge in [-0.3, -0.25) is 14.4 Å². The molecule has 0 spiro atoms. The average Bonchev–Trinajstić information content (AvgIpc) is 2.86. The van der Waals surface area contributed by atoms with Crippen LogP contribution in [0.1, 0.15) is 74.3 Å². The first-order valence-electron chi connectivity index (χ1n) is 13.0. The van der Waals surface area contributed by atoms with Crippen LogP contribution in [-0.4, -0.2) is 38.3 Å². The highest BCUT2D eigenvalue weighted by Crippen LogP contribution is 2.52. The van der Waals surface area contributed by atoms with Gasteiger partial charge in [0.15, 0.2) is 11.4 Å². The van der Waals surface area contributed by atoms with E-state index in [0.717, 1.165) is 16.7 Å². The number of allylic oxidation sites excluding steroid dienone is 1. The maximum Gasteiger partial charge on any atom is 0.206 e. The third-order valence-corrected chi connectivity index (χ3v) is 8.35. The highest BCUT2D eigenvalue weighted by molar-refractivity contribution is 6.33. The zero-order chi connectivity index (χ0) is 27.5. The summed E-state index contributed by atoms with van der Waals surface area (Å²) in [6.07, 6.45) is 4.59. The number of phenols is 1. The summed E-state index contributed by atoms with van der Waals surface area (Å²) in [6, 6.07) is 11.5. The molecular weight excluding hydrogens is 480 g/mol. The Morgan fingerprint density at radius 1 is 1.05 bits per heavy atom. The van der Waals surface area contributed by atoms with E-state index in [-0.39, 0.29) is 34.8 Å². The molecule has 6 heteroatoms. The number of hydrogen-bond acceptors (Lipinski definition) is 6. The number of hydrogen-bond donors (Lipinski definition) is 3. The Hall–Kier alpha value is -3.77. The van der Waals surface area contributed by atoms with Gasteiger partial charge in [0.05, 0.1) is 11.1 Å². The van der Waals surface area contributed by atoms with Crippen molar-refractivity contribution in [3.05, 3.63) is 80.9 Å². The van der Waals surface area contributed by atoms with Crippen molar-refractivity contribution in [1.82, 2.24) is 0 Å². The second-order valence-corrected chi connectivity index (χ2v) is 11.1. The lowest BCUT2D eigenvalue weighted by Gasteiger charge is -2.46. The van der Waals surface area contributed by atoms with E-state index >= 15 is 0 Å². The highest BCUT2D eigenvalue weighted by atomic mass is 16.3. The van der Waals surface area contributed by atoms with Crippen LogP contribution in [0.2, 0.25) is 0 Å². The van der Waals surface area contributed by atoms with Gasteiger partial charge in [-0.05, 0) is 67.7 Å². The van der Waals surface area contributed by atoms with Gasteiger partial charge in [0.1, 0.15) is 11.5 Å². The lowest BCUT2D eigenvalue weighted by Crippen LogP contribution is -2.61. The fourth-order valence-corrected chi connectivity index (χ4v) is 6.53. The van der Waals surface area contributed by atoms with Gasteiger partial charge in [-0.15, -0.1) is 0 Å². The summed E-state index contributed by atoms with van der Waals surface area (Å²) in [4.78, 5) is 39.4. The van der Waals surface area contributed by atoms with Crippen LogP contribution in [0.3, 0.4) is 0 Å². The van der Waals surface area contributed by atoms with Crippen LogP contribution in [0.4, 0.5) is 0 Å². The van der Waals surface area contributed by atoms with Crippen LogP contribution < -0.4 is 0 Å². The normalized spacial score (nSPS) is 25.1. The molecule has 0 radical (unpaired) electrons. The summed E-state index contributed by atoms with van der Waals surface area (Å²) >= 11 is 0. The Morgan fingerprint density at radius 2 is 1.74 bits per heavy atom. The quantitative estimate of drug-likeness (QED) is 0.290. The second kappa shape index (κ2) is 9.21. The summed E-state index contributed by atoms with van der Waals surface area (Å²) in [6.45, 7) is 7.02. The van der Waals surface area contributed by atoms with Gasteiger partial charge in [0.2, 0.25) is 11.6 Å². The molecule has 0 amide bonds. The van der Waals surface area contributed by atoms with Crippen molar-refractivity contribution >= 4 is 35.3 Å². The molecule has 3 atom stereocenters. The predicted molar refractivity (Wildman–Crippen MR) is 145 cm³/mol. The summed E-state index contributed by atoms with van der Waals surface area (Å²) < 4.78 is 0. The number of phenolic OH excluding ortho intramolecular Hbond substituents is 1. The number of aromatic hydroxyl groups is 1. The topological polar surface area (TPSA) is 112 Å². The number of Topliss-reactive ketones (excluding diaryl/α,β-unsaturated/α-hetero) is 3. The van der Waals surface area contributed by atoms with Gasteiger partial charge in [-0.25, -0.2) is 0 Å². The van der Waals surface area contributed by atoms with Gasteiger partial charge >= 0.3 is 0 Å². The lowest BCUT2D eigenvalue weighted by atomic mass is 9.57. The molecule has 1 fully saturated rings. The van der Waals surface area contributed by atoms with Crippen LogP contribution in [-0.2, 0) is 20.8 Å². The number of rotatable bonds is 4. The number of aliphatic hydroxyl groups is 2. The molecule has 38 heavy (non-hydrogen) atoms. The smallest absolute Gasteiger partial charge is 0.206 e. The van der Waals surface area contributed by atoms with Crippen molar-refractivity contribution in [2.75, 3.05) is 0 Å². The monoisotopic (exact) mass is 512 g/mol. The molecule has 3 N–H and O–H groups in total. The Labute approximate surface area is 222 Å². The van der Waals surface area contributed by atoms with E-state index in [0.29, 0.717) is 24.0 Å². The SMILES string of the molecule is CC(=O)C1=C(C)C[C@H]2C[C@H]3Cc4c(C(C)C)cc(/C=C/c5ccccc5)c(O)c4C(O)=C3C(=O)[C@@]2(O)C1=O. The Kier molecular flexibility index (Phi) is 6.27. The molecule has 0 heterocycles. The van der Waals surface area contributed by atoms with Crippen molar-refractivity contribution < 1.29 is 29.7 Å².